The molecule has 0 N–H and O–H groups in total. The molecule has 1 aromatic heterocycles. The van der Waals surface area contributed by atoms with Crippen LogP contribution in [0.2, 0.25) is 0 Å². The summed E-state index contributed by atoms with van der Waals surface area (Å²) in [6.45, 7) is 1.68. The average Bonchev–Trinajstić information content (AvgIpc) is 2.28. The molecule has 0 atom stereocenters. The third-order valence-corrected chi connectivity index (χ3v) is 2.35. The zero-order valence-corrected chi connectivity index (χ0v) is 7.67. The van der Waals surface area contributed by atoms with Crippen molar-refractivity contribution < 1.29 is 13.9 Å². The van der Waals surface area contributed by atoms with Crippen LogP contribution < -0.4 is 0 Å². The molecule has 0 aliphatic carbocycles. The molecule has 1 heterocycles. The number of carbonyl (C=O) groups excluding carboxylic acids is 1. The minimum Gasteiger partial charge on any atom is -0.465 e. The first-order valence-corrected chi connectivity index (χ1v) is 4.06. The maximum absolute atomic E-state index is 10.9. The van der Waals surface area contributed by atoms with E-state index in [2.05, 4.69) is 4.74 Å². The lowest BCUT2D eigenvalue weighted by Gasteiger charge is -1.92. The first-order chi connectivity index (χ1) is 5.15. The van der Waals surface area contributed by atoms with Crippen molar-refractivity contribution in [1.82, 2.24) is 0 Å². The number of hydrogen-bond donors (Lipinski definition) is 0. The molecule has 3 nitrogen and oxygen atoms in total. The van der Waals surface area contributed by atoms with E-state index in [0.717, 1.165) is 11.3 Å². The van der Waals surface area contributed by atoms with Gasteiger partial charge in [-0.3, -0.25) is 0 Å². The lowest BCUT2D eigenvalue weighted by Crippen LogP contribution is -1.99. The van der Waals surface area contributed by atoms with Crippen LogP contribution in [0.3, 0.4) is 0 Å². The van der Waals surface area contributed by atoms with Gasteiger partial charge in [-0.15, -0.1) is 0 Å². The van der Waals surface area contributed by atoms with Gasteiger partial charge in [0.2, 0.25) is 4.02 Å². The van der Waals surface area contributed by atoms with E-state index in [1.807, 2.05) is 0 Å². The topological polar surface area (TPSA) is 39.4 Å². The molecule has 0 saturated carbocycles. The number of hydrogen-bond acceptors (Lipinski definition) is 5. The standard InChI is InChI=1S/C6H6O3S2/c1-3-4(5(7)8-2)11-6(10)9-3/h1-2H3. The third-order valence-electron chi connectivity index (χ3n) is 1.11. The normalized spacial score (nSPS) is 9.64. The quantitative estimate of drug-likeness (QED) is 0.502. The second-order valence-corrected chi connectivity index (χ2v) is 3.44. The first-order valence-electron chi connectivity index (χ1n) is 2.84. The zero-order chi connectivity index (χ0) is 8.43. The molecule has 1 rings (SSSR count). The Balaban J connectivity index is 3.13. The molecule has 0 aliphatic heterocycles. The molecule has 0 radical (unpaired) electrons. The van der Waals surface area contributed by atoms with Crippen molar-refractivity contribution in [3.05, 3.63) is 14.7 Å². The van der Waals surface area contributed by atoms with Crippen LogP contribution in [0.15, 0.2) is 4.42 Å². The summed E-state index contributed by atoms with van der Waals surface area (Å²) in [7, 11) is 1.32. The van der Waals surface area contributed by atoms with E-state index >= 15 is 0 Å². The summed E-state index contributed by atoms with van der Waals surface area (Å²) in [5.41, 5.74) is 0. The number of carbonyl (C=O) groups is 1. The van der Waals surface area contributed by atoms with Crippen LogP contribution in [0.4, 0.5) is 0 Å². The van der Waals surface area contributed by atoms with Crippen LogP contribution in [0.5, 0.6) is 0 Å². The predicted molar refractivity (Wildman–Crippen MR) is 43.5 cm³/mol. The van der Waals surface area contributed by atoms with Crippen LogP contribution in [0.1, 0.15) is 15.4 Å². The number of aryl methyl sites for hydroxylation is 1. The van der Waals surface area contributed by atoms with Crippen LogP contribution >= 0.6 is 23.6 Å². The Morgan fingerprint density at radius 3 is 2.73 bits per heavy atom. The summed E-state index contributed by atoms with van der Waals surface area (Å²) in [6, 6.07) is 0. The van der Waals surface area contributed by atoms with E-state index in [-0.39, 0.29) is 0 Å². The van der Waals surface area contributed by atoms with E-state index in [0.29, 0.717) is 14.7 Å². The van der Waals surface area contributed by atoms with Crippen LogP contribution in [-0.4, -0.2) is 13.1 Å². The highest BCUT2D eigenvalue weighted by Crippen LogP contribution is 2.18. The second-order valence-electron chi connectivity index (χ2n) is 1.83. The summed E-state index contributed by atoms with van der Waals surface area (Å²) >= 11 is 5.85. The summed E-state index contributed by atoms with van der Waals surface area (Å²) in [5, 5.41) is 0. The van der Waals surface area contributed by atoms with Gasteiger partial charge in [-0.1, -0.05) is 11.3 Å². The zero-order valence-electron chi connectivity index (χ0n) is 6.04. The Morgan fingerprint density at radius 2 is 2.36 bits per heavy atom. The summed E-state index contributed by atoms with van der Waals surface area (Å²) < 4.78 is 9.82. The Labute approximate surface area is 72.6 Å². The minimum atomic E-state index is -0.396. The second kappa shape index (κ2) is 3.15. The number of methoxy groups -OCH3 is 1. The van der Waals surface area contributed by atoms with Crippen LogP contribution in [-0.2, 0) is 4.74 Å². The van der Waals surface area contributed by atoms with Crippen molar-refractivity contribution in [3.8, 4) is 0 Å². The Bertz CT molecular complexity index is 323. The van der Waals surface area contributed by atoms with Gasteiger partial charge in [-0.2, -0.15) is 0 Å². The molecule has 0 unspecified atom stereocenters. The maximum Gasteiger partial charge on any atom is 0.351 e. The van der Waals surface area contributed by atoms with E-state index in [1.54, 1.807) is 6.92 Å². The summed E-state index contributed by atoms with van der Waals surface area (Å²) in [6.07, 6.45) is 0. The summed E-state index contributed by atoms with van der Waals surface area (Å²) in [4.78, 5) is 11.4. The summed E-state index contributed by atoms with van der Waals surface area (Å²) in [5.74, 6) is 0.124. The van der Waals surface area contributed by atoms with Gasteiger partial charge in [0, 0.05) is 0 Å². The lowest BCUT2D eigenvalue weighted by atomic mass is 10.4. The molecule has 0 saturated heterocycles. The Hall–Kier alpha value is -0.680. The highest BCUT2D eigenvalue weighted by molar-refractivity contribution is 7.73. The van der Waals surface area contributed by atoms with Gasteiger partial charge in [0.1, 0.15) is 5.76 Å². The monoisotopic (exact) mass is 190 g/mol. The Kier molecular flexibility index (Phi) is 2.41. The highest BCUT2D eigenvalue weighted by atomic mass is 32.1. The fourth-order valence-corrected chi connectivity index (χ4v) is 1.69. The fourth-order valence-electron chi connectivity index (χ4n) is 0.625. The van der Waals surface area contributed by atoms with Crippen molar-refractivity contribution in [1.29, 1.82) is 0 Å². The molecule has 0 bridgehead atoms. The molecule has 0 spiro atoms. The largest absolute Gasteiger partial charge is 0.465 e. The van der Waals surface area contributed by atoms with E-state index < -0.39 is 5.97 Å². The van der Waals surface area contributed by atoms with Crippen LogP contribution in [0.25, 0.3) is 0 Å². The van der Waals surface area contributed by atoms with Crippen molar-refractivity contribution in [2.75, 3.05) is 7.11 Å². The molecule has 5 heteroatoms. The van der Waals surface area contributed by atoms with Gasteiger partial charge in [-0.25, -0.2) is 4.79 Å². The van der Waals surface area contributed by atoms with Gasteiger partial charge in [0.25, 0.3) is 0 Å². The van der Waals surface area contributed by atoms with Gasteiger partial charge in [0.05, 0.1) is 7.11 Å². The SMILES string of the molecule is COC(=O)c1sc(=S)oc1C. The van der Waals surface area contributed by atoms with Gasteiger partial charge >= 0.3 is 5.97 Å². The molecule has 0 fully saturated rings. The van der Waals surface area contributed by atoms with Crippen molar-refractivity contribution in [3.63, 3.8) is 0 Å². The maximum atomic E-state index is 10.9. The molecular weight excluding hydrogens is 184 g/mol. The van der Waals surface area contributed by atoms with Gasteiger partial charge in [0.15, 0.2) is 4.88 Å². The highest BCUT2D eigenvalue weighted by Gasteiger charge is 2.13. The molecule has 0 aliphatic rings. The number of rotatable bonds is 1. The van der Waals surface area contributed by atoms with Gasteiger partial charge in [-0.05, 0) is 19.1 Å². The molecule has 1 aromatic rings. The van der Waals surface area contributed by atoms with Crippen molar-refractivity contribution >= 4 is 29.5 Å². The van der Waals surface area contributed by atoms with E-state index in [4.69, 9.17) is 16.6 Å². The predicted octanol–water partition coefficient (Wildman–Crippen LogP) is 2.17. The Morgan fingerprint density at radius 1 is 1.73 bits per heavy atom. The number of ether oxygens (including phenoxy) is 1. The molecule has 60 valence electrons. The number of esters is 1. The van der Waals surface area contributed by atoms with Crippen molar-refractivity contribution in [2.45, 2.75) is 6.92 Å². The smallest absolute Gasteiger partial charge is 0.351 e. The van der Waals surface area contributed by atoms with Crippen LogP contribution in [0, 0.1) is 10.9 Å². The lowest BCUT2D eigenvalue weighted by molar-refractivity contribution is 0.0603. The minimum absolute atomic E-state index is 0.350. The molecular formula is C6H6O3S2. The first kappa shape index (κ1) is 8.42. The molecule has 0 aromatic carbocycles. The molecule has 11 heavy (non-hydrogen) atoms. The van der Waals surface area contributed by atoms with Gasteiger partial charge < -0.3 is 9.15 Å². The third kappa shape index (κ3) is 1.66. The van der Waals surface area contributed by atoms with E-state index in [1.165, 1.54) is 7.11 Å². The van der Waals surface area contributed by atoms with Crippen molar-refractivity contribution in [2.24, 2.45) is 0 Å². The van der Waals surface area contributed by atoms with E-state index in [9.17, 15) is 4.79 Å². The fraction of sp³-hybridized carbons (Fsp3) is 0.333. The molecule has 0 amide bonds. The average molecular weight is 190 g/mol.